The van der Waals surface area contributed by atoms with Crippen molar-refractivity contribution in [3.05, 3.63) is 18.0 Å². The lowest BCUT2D eigenvalue weighted by molar-refractivity contribution is 0.0184. The van der Waals surface area contributed by atoms with Gasteiger partial charge in [0, 0.05) is 58.1 Å². The van der Waals surface area contributed by atoms with Crippen LogP contribution in [0.3, 0.4) is 0 Å². The van der Waals surface area contributed by atoms with E-state index in [4.69, 9.17) is 0 Å². The van der Waals surface area contributed by atoms with E-state index in [9.17, 15) is 4.79 Å². The molecular formula is C15H25N5O. The highest BCUT2D eigenvalue weighted by Gasteiger charge is 2.33. The number of aromatic nitrogens is 2. The molecule has 2 aliphatic heterocycles. The summed E-state index contributed by atoms with van der Waals surface area (Å²) in [7, 11) is 2.16. The van der Waals surface area contributed by atoms with Gasteiger partial charge in [-0.25, -0.2) is 0 Å². The minimum absolute atomic E-state index is 0.133. The molecule has 1 aromatic heterocycles. The Balaban J connectivity index is 1.69. The van der Waals surface area contributed by atoms with Gasteiger partial charge in [-0.05, 0) is 19.5 Å². The Bertz CT molecular complexity index is 500. The van der Waals surface area contributed by atoms with Gasteiger partial charge in [0.2, 0.25) is 0 Å². The monoisotopic (exact) mass is 291 g/mol. The normalized spacial score (nSPS) is 24.1. The fraction of sp³-hybridized carbons (Fsp3) is 0.733. The summed E-state index contributed by atoms with van der Waals surface area (Å²) < 4.78 is 1.84. The van der Waals surface area contributed by atoms with Crippen LogP contribution in [0, 0.1) is 0 Å². The Hall–Kier alpha value is -1.40. The van der Waals surface area contributed by atoms with Crippen molar-refractivity contribution in [2.75, 3.05) is 46.3 Å². The third-order valence-corrected chi connectivity index (χ3v) is 4.55. The average Bonchev–Trinajstić information content (AvgIpc) is 2.94. The van der Waals surface area contributed by atoms with Crippen LogP contribution in [0.4, 0.5) is 0 Å². The molecule has 1 aromatic rings. The molecule has 2 fully saturated rings. The van der Waals surface area contributed by atoms with Crippen LogP contribution in [0.25, 0.3) is 0 Å². The van der Waals surface area contributed by atoms with Gasteiger partial charge in [0.15, 0.2) is 0 Å². The smallest absolute Gasteiger partial charge is 0.272 e. The molecule has 3 rings (SSSR count). The van der Waals surface area contributed by atoms with Crippen LogP contribution >= 0.6 is 0 Å². The van der Waals surface area contributed by atoms with Gasteiger partial charge in [-0.2, -0.15) is 5.10 Å². The molecule has 116 valence electrons. The minimum atomic E-state index is 0.133. The third-order valence-electron chi connectivity index (χ3n) is 4.55. The molecule has 0 bridgehead atoms. The fourth-order valence-electron chi connectivity index (χ4n) is 3.36. The number of amides is 1. The van der Waals surface area contributed by atoms with Gasteiger partial charge in [0.25, 0.3) is 5.91 Å². The number of hydrogen-bond donors (Lipinski definition) is 0. The molecule has 0 radical (unpaired) electrons. The van der Waals surface area contributed by atoms with Crippen molar-refractivity contribution >= 4 is 5.91 Å². The molecule has 21 heavy (non-hydrogen) atoms. The molecule has 0 unspecified atom stereocenters. The number of likely N-dealkylation sites (N-methyl/N-ethyl adjacent to an activating group) is 1. The van der Waals surface area contributed by atoms with E-state index in [-0.39, 0.29) is 5.91 Å². The van der Waals surface area contributed by atoms with Gasteiger partial charge in [-0.1, -0.05) is 6.92 Å². The summed E-state index contributed by atoms with van der Waals surface area (Å²) >= 11 is 0. The molecule has 0 aromatic carbocycles. The fourth-order valence-corrected chi connectivity index (χ4v) is 3.36. The molecule has 0 saturated carbocycles. The van der Waals surface area contributed by atoms with Crippen molar-refractivity contribution < 1.29 is 4.79 Å². The van der Waals surface area contributed by atoms with E-state index < -0.39 is 0 Å². The average molecular weight is 291 g/mol. The zero-order chi connectivity index (χ0) is 14.8. The maximum absolute atomic E-state index is 12.7. The maximum atomic E-state index is 12.7. The Morgan fingerprint density at radius 1 is 1.29 bits per heavy atom. The predicted octanol–water partition coefficient (Wildman–Crippen LogP) is 0.365. The van der Waals surface area contributed by atoms with Crippen molar-refractivity contribution in [1.29, 1.82) is 0 Å². The van der Waals surface area contributed by atoms with Gasteiger partial charge in [-0.15, -0.1) is 0 Å². The minimum Gasteiger partial charge on any atom is -0.334 e. The highest BCUT2D eigenvalue weighted by molar-refractivity contribution is 5.92. The largest absolute Gasteiger partial charge is 0.334 e. The molecule has 3 heterocycles. The van der Waals surface area contributed by atoms with Crippen molar-refractivity contribution in [1.82, 2.24) is 24.5 Å². The highest BCUT2D eigenvalue weighted by Crippen LogP contribution is 2.17. The molecule has 6 heteroatoms. The van der Waals surface area contributed by atoms with E-state index in [1.54, 1.807) is 6.20 Å². The Morgan fingerprint density at radius 3 is 2.90 bits per heavy atom. The molecule has 0 aliphatic carbocycles. The zero-order valence-corrected chi connectivity index (χ0v) is 13.0. The molecule has 2 aliphatic rings. The number of piperazine rings is 2. The van der Waals surface area contributed by atoms with Crippen molar-refractivity contribution in [3.63, 3.8) is 0 Å². The van der Waals surface area contributed by atoms with Gasteiger partial charge in [0.05, 0.1) is 0 Å². The lowest BCUT2D eigenvalue weighted by atomic mass is 10.1. The lowest BCUT2D eigenvalue weighted by Crippen LogP contribution is -2.62. The van der Waals surface area contributed by atoms with E-state index in [2.05, 4.69) is 28.9 Å². The number of carbonyl (C=O) groups is 1. The maximum Gasteiger partial charge on any atom is 0.272 e. The standard InChI is InChI=1S/C15H25N5O/c1-3-6-20-14(4-5-16-20)15(21)19-10-9-18-8-7-17(2)11-13(18)12-19/h4-5,13H,3,6-12H2,1-2H3/t13-/m1/s1. The van der Waals surface area contributed by atoms with E-state index in [0.717, 1.165) is 57.9 Å². The zero-order valence-electron chi connectivity index (χ0n) is 13.0. The van der Waals surface area contributed by atoms with E-state index in [1.807, 2.05) is 15.6 Å². The molecule has 1 amide bonds. The quantitative estimate of drug-likeness (QED) is 0.807. The van der Waals surface area contributed by atoms with Gasteiger partial charge >= 0.3 is 0 Å². The molecular weight excluding hydrogens is 266 g/mol. The number of fused-ring (bicyclic) bond motifs is 1. The second-order valence-electron chi connectivity index (χ2n) is 6.14. The topological polar surface area (TPSA) is 44.6 Å². The van der Waals surface area contributed by atoms with E-state index in [1.165, 1.54) is 0 Å². The molecule has 0 spiro atoms. The van der Waals surface area contributed by atoms with Crippen molar-refractivity contribution in [2.45, 2.75) is 25.9 Å². The summed E-state index contributed by atoms with van der Waals surface area (Å²) in [6.07, 6.45) is 2.72. The Morgan fingerprint density at radius 2 is 2.10 bits per heavy atom. The van der Waals surface area contributed by atoms with Crippen LogP contribution in [0.15, 0.2) is 12.3 Å². The van der Waals surface area contributed by atoms with E-state index in [0.29, 0.717) is 6.04 Å². The van der Waals surface area contributed by atoms with Gasteiger partial charge in [-0.3, -0.25) is 14.4 Å². The number of nitrogens with zero attached hydrogens (tertiary/aromatic N) is 5. The van der Waals surface area contributed by atoms with Crippen LogP contribution in [0.2, 0.25) is 0 Å². The first-order valence-electron chi connectivity index (χ1n) is 7.92. The summed E-state index contributed by atoms with van der Waals surface area (Å²) in [4.78, 5) is 19.6. The first kappa shape index (κ1) is 14.5. The van der Waals surface area contributed by atoms with E-state index >= 15 is 0 Å². The Kier molecular flexibility index (Phi) is 4.26. The number of hydrogen-bond acceptors (Lipinski definition) is 4. The summed E-state index contributed by atoms with van der Waals surface area (Å²) in [6, 6.07) is 2.32. The van der Waals surface area contributed by atoms with Gasteiger partial charge in [0.1, 0.15) is 5.69 Å². The number of rotatable bonds is 3. The highest BCUT2D eigenvalue weighted by atomic mass is 16.2. The molecule has 6 nitrogen and oxygen atoms in total. The van der Waals surface area contributed by atoms with Crippen LogP contribution in [-0.4, -0.2) is 82.7 Å². The summed E-state index contributed by atoms with van der Waals surface area (Å²) in [6.45, 7) is 8.87. The van der Waals surface area contributed by atoms with Crippen LogP contribution in [0.5, 0.6) is 0 Å². The number of aryl methyl sites for hydroxylation is 1. The second-order valence-corrected chi connectivity index (χ2v) is 6.14. The second kappa shape index (κ2) is 6.15. The van der Waals surface area contributed by atoms with Crippen molar-refractivity contribution in [3.8, 4) is 0 Å². The first-order valence-corrected chi connectivity index (χ1v) is 7.92. The number of carbonyl (C=O) groups excluding carboxylic acids is 1. The summed E-state index contributed by atoms with van der Waals surface area (Å²) in [5.74, 6) is 0.133. The Labute approximate surface area is 126 Å². The molecule has 2 saturated heterocycles. The molecule has 0 N–H and O–H groups in total. The molecule has 1 atom stereocenters. The third kappa shape index (κ3) is 2.96. The summed E-state index contributed by atoms with van der Waals surface area (Å²) in [5, 5.41) is 4.27. The lowest BCUT2D eigenvalue weighted by Gasteiger charge is -2.46. The van der Waals surface area contributed by atoms with Gasteiger partial charge < -0.3 is 9.80 Å². The predicted molar refractivity (Wildman–Crippen MR) is 81.3 cm³/mol. The SMILES string of the molecule is CCCn1nccc1C(=O)N1CCN2CCN(C)C[C@@H]2C1. The summed E-state index contributed by atoms with van der Waals surface area (Å²) in [5.41, 5.74) is 0.731. The van der Waals surface area contributed by atoms with Crippen molar-refractivity contribution in [2.24, 2.45) is 0 Å². The van der Waals surface area contributed by atoms with Crippen LogP contribution in [-0.2, 0) is 6.54 Å². The first-order chi connectivity index (χ1) is 10.2. The van der Waals surface area contributed by atoms with Crippen LogP contribution in [0.1, 0.15) is 23.8 Å². The van der Waals surface area contributed by atoms with Crippen LogP contribution < -0.4 is 0 Å².